The van der Waals surface area contributed by atoms with Crippen molar-refractivity contribution < 1.29 is 13.2 Å². The number of carbonyl (C=O) groups is 1. The van der Waals surface area contributed by atoms with E-state index in [0.717, 1.165) is 17.7 Å². The van der Waals surface area contributed by atoms with Gasteiger partial charge in [0.2, 0.25) is 10.0 Å². The predicted molar refractivity (Wildman–Crippen MR) is 134 cm³/mol. The molecule has 34 heavy (non-hydrogen) atoms. The molecule has 7 heteroatoms. The van der Waals surface area contributed by atoms with Crippen LogP contribution in [0.15, 0.2) is 83.8 Å². The van der Waals surface area contributed by atoms with Gasteiger partial charge in [0.05, 0.1) is 4.90 Å². The van der Waals surface area contributed by atoms with Crippen molar-refractivity contribution in [1.82, 2.24) is 14.1 Å². The molecule has 1 amide bonds. The van der Waals surface area contributed by atoms with Gasteiger partial charge in [-0.15, -0.1) is 0 Å². The summed E-state index contributed by atoms with van der Waals surface area (Å²) in [6.45, 7) is 5.63. The molecule has 0 saturated carbocycles. The lowest BCUT2D eigenvalue weighted by atomic mass is 10.1. The minimum absolute atomic E-state index is 0.00754. The van der Waals surface area contributed by atoms with E-state index in [1.54, 1.807) is 33.5 Å². The highest BCUT2D eigenvalue weighted by atomic mass is 32.2. The Kier molecular flexibility index (Phi) is 7.46. The Morgan fingerprint density at radius 2 is 1.41 bits per heavy atom. The minimum Gasteiger partial charge on any atom is -0.337 e. The van der Waals surface area contributed by atoms with E-state index in [2.05, 4.69) is 17.0 Å². The van der Waals surface area contributed by atoms with Crippen molar-refractivity contribution >= 4 is 15.9 Å². The van der Waals surface area contributed by atoms with Gasteiger partial charge in [0, 0.05) is 51.9 Å². The van der Waals surface area contributed by atoms with Crippen LogP contribution in [-0.2, 0) is 23.1 Å². The van der Waals surface area contributed by atoms with Crippen LogP contribution in [0.2, 0.25) is 0 Å². The number of piperazine rings is 1. The molecule has 0 atom stereocenters. The predicted octanol–water partition coefficient (Wildman–Crippen LogP) is 3.77. The van der Waals surface area contributed by atoms with Crippen LogP contribution < -0.4 is 0 Å². The van der Waals surface area contributed by atoms with Gasteiger partial charge in [-0.1, -0.05) is 60.2 Å². The number of amides is 1. The van der Waals surface area contributed by atoms with Crippen LogP contribution in [0.4, 0.5) is 0 Å². The van der Waals surface area contributed by atoms with E-state index in [9.17, 15) is 13.2 Å². The van der Waals surface area contributed by atoms with Crippen LogP contribution in [0, 0.1) is 6.92 Å². The number of aryl methyl sites for hydroxylation is 1. The highest BCUT2D eigenvalue weighted by Crippen LogP contribution is 2.19. The van der Waals surface area contributed by atoms with E-state index in [1.165, 1.54) is 5.56 Å². The topological polar surface area (TPSA) is 60.9 Å². The first-order valence-electron chi connectivity index (χ1n) is 11.5. The zero-order chi connectivity index (χ0) is 24.1. The number of carbonyl (C=O) groups excluding carboxylic acids is 1. The lowest BCUT2D eigenvalue weighted by Crippen LogP contribution is -2.48. The summed E-state index contributed by atoms with van der Waals surface area (Å²) in [5.74, 6) is -0.00754. The average molecular weight is 478 g/mol. The zero-order valence-electron chi connectivity index (χ0n) is 19.7. The number of hydrogen-bond acceptors (Lipinski definition) is 4. The molecule has 178 valence electrons. The van der Waals surface area contributed by atoms with Crippen molar-refractivity contribution in [2.75, 3.05) is 33.2 Å². The maximum absolute atomic E-state index is 12.8. The smallest absolute Gasteiger partial charge is 0.253 e. The van der Waals surface area contributed by atoms with Gasteiger partial charge < -0.3 is 4.90 Å². The van der Waals surface area contributed by atoms with E-state index in [4.69, 9.17) is 0 Å². The second-order valence-electron chi connectivity index (χ2n) is 8.84. The van der Waals surface area contributed by atoms with E-state index < -0.39 is 10.0 Å². The molecule has 0 aromatic heterocycles. The standard InChI is InChI=1S/C27H31N3O3S/c1-22-8-10-23(11-9-22)20-28(2)27(31)25-14-12-24(13-15-25)21-29-16-18-30(19-17-29)34(32,33)26-6-4-3-5-7-26/h3-15H,16-21H2,1-2H3. The van der Waals surface area contributed by atoms with Gasteiger partial charge in [0.15, 0.2) is 0 Å². The molecule has 3 aromatic rings. The van der Waals surface area contributed by atoms with Crippen molar-refractivity contribution in [2.24, 2.45) is 0 Å². The highest BCUT2D eigenvalue weighted by molar-refractivity contribution is 7.89. The third-order valence-corrected chi connectivity index (χ3v) is 8.12. The van der Waals surface area contributed by atoms with Gasteiger partial charge in [0.25, 0.3) is 5.91 Å². The Balaban J connectivity index is 1.30. The van der Waals surface area contributed by atoms with Crippen LogP contribution in [0.3, 0.4) is 0 Å². The molecule has 1 saturated heterocycles. The average Bonchev–Trinajstić information content (AvgIpc) is 2.86. The Hall–Kier alpha value is -3.00. The SMILES string of the molecule is Cc1ccc(CN(C)C(=O)c2ccc(CN3CCN(S(=O)(=O)c4ccccc4)CC3)cc2)cc1. The molecule has 0 radical (unpaired) electrons. The van der Waals surface area contributed by atoms with Crippen LogP contribution in [0.5, 0.6) is 0 Å². The molecular weight excluding hydrogens is 446 g/mol. The largest absolute Gasteiger partial charge is 0.337 e. The molecule has 1 aliphatic rings. The fourth-order valence-electron chi connectivity index (χ4n) is 4.14. The first-order chi connectivity index (χ1) is 16.3. The molecular formula is C27H31N3O3S. The van der Waals surface area contributed by atoms with Crippen molar-refractivity contribution in [2.45, 2.75) is 24.9 Å². The second-order valence-corrected chi connectivity index (χ2v) is 10.8. The first kappa shape index (κ1) is 24.1. The Morgan fingerprint density at radius 3 is 2.03 bits per heavy atom. The number of hydrogen-bond donors (Lipinski definition) is 0. The van der Waals surface area contributed by atoms with Crippen molar-refractivity contribution in [3.63, 3.8) is 0 Å². The lowest BCUT2D eigenvalue weighted by molar-refractivity contribution is 0.0785. The third-order valence-electron chi connectivity index (χ3n) is 6.21. The summed E-state index contributed by atoms with van der Waals surface area (Å²) in [6.07, 6.45) is 0. The van der Waals surface area contributed by atoms with Crippen molar-refractivity contribution in [3.05, 3.63) is 101 Å². The zero-order valence-corrected chi connectivity index (χ0v) is 20.5. The van der Waals surface area contributed by atoms with Gasteiger partial charge >= 0.3 is 0 Å². The summed E-state index contributed by atoms with van der Waals surface area (Å²) in [6, 6.07) is 24.5. The van der Waals surface area contributed by atoms with Gasteiger partial charge in [-0.3, -0.25) is 9.69 Å². The molecule has 3 aromatic carbocycles. The summed E-state index contributed by atoms with van der Waals surface area (Å²) in [7, 11) is -1.62. The Labute approximate surface area is 202 Å². The fourth-order valence-corrected chi connectivity index (χ4v) is 5.58. The highest BCUT2D eigenvalue weighted by Gasteiger charge is 2.28. The van der Waals surface area contributed by atoms with Gasteiger partial charge in [-0.05, 0) is 42.3 Å². The molecule has 0 N–H and O–H groups in total. The van der Waals surface area contributed by atoms with Crippen LogP contribution in [0.1, 0.15) is 27.0 Å². The summed E-state index contributed by atoms with van der Waals surface area (Å²) in [5, 5.41) is 0. The molecule has 0 bridgehead atoms. The molecule has 0 aliphatic carbocycles. The first-order valence-corrected chi connectivity index (χ1v) is 12.9. The normalized spacial score (nSPS) is 15.2. The lowest BCUT2D eigenvalue weighted by Gasteiger charge is -2.34. The molecule has 1 fully saturated rings. The monoisotopic (exact) mass is 477 g/mol. The second kappa shape index (κ2) is 10.5. The van der Waals surface area contributed by atoms with E-state index in [1.807, 2.05) is 56.4 Å². The van der Waals surface area contributed by atoms with E-state index >= 15 is 0 Å². The number of nitrogens with zero attached hydrogens (tertiary/aromatic N) is 3. The van der Waals surface area contributed by atoms with Gasteiger partial charge in [-0.2, -0.15) is 4.31 Å². The number of sulfonamides is 1. The molecule has 6 nitrogen and oxygen atoms in total. The molecule has 4 rings (SSSR count). The molecule has 1 aliphatic heterocycles. The van der Waals surface area contributed by atoms with E-state index in [0.29, 0.717) is 43.2 Å². The van der Waals surface area contributed by atoms with Crippen LogP contribution >= 0.6 is 0 Å². The Bertz CT molecular complexity index is 1200. The Morgan fingerprint density at radius 1 is 0.824 bits per heavy atom. The van der Waals surface area contributed by atoms with Gasteiger partial charge in [-0.25, -0.2) is 8.42 Å². The summed E-state index contributed by atoms with van der Waals surface area (Å²) in [4.78, 5) is 17.1. The number of benzene rings is 3. The number of rotatable bonds is 7. The molecule has 0 unspecified atom stereocenters. The molecule has 0 spiro atoms. The maximum atomic E-state index is 12.8. The van der Waals surface area contributed by atoms with Crippen LogP contribution in [0.25, 0.3) is 0 Å². The van der Waals surface area contributed by atoms with E-state index in [-0.39, 0.29) is 5.91 Å². The summed E-state index contributed by atoms with van der Waals surface area (Å²) >= 11 is 0. The van der Waals surface area contributed by atoms with Crippen molar-refractivity contribution in [3.8, 4) is 0 Å². The molecule has 1 heterocycles. The minimum atomic E-state index is -3.44. The third kappa shape index (κ3) is 5.73. The quantitative estimate of drug-likeness (QED) is 0.520. The summed E-state index contributed by atoms with van der Waals surface area (Å²) < 4.78 is 27.2. The van der Waals surface area contributed by atoms with Gasteiger partial charge in [0.1, 0.15) is 0 Å². The van der Waals surface area contributed by atoms with Crippen LogP contribution in [-0.4, -0.2) is 61.7 Å². The maximum Gasteiger partial charge on any atom is 0.253 e. The van der Waals surface area contributed by atoms with Crippen molar-refractivity contribution in [1.29, 1.82) is 0 Å². The summed E-state index contributed by atoms with van der Waals surface area (Å²) in [5.41, 5.74) is 4.08. The fraction of sp³-hybridized carbons (Fsp3) is 0.296.